The van der Waals surface area contributed by atoms with Crippen molar-refractivity contribution in [3.05, 3.63) is 0 Å². The molecule has 2 aliphatic rings. The Morgan fingerprint density at radius 3 is 2.23 bits per heavy atom. The van der Waals surface area contributed by atoms with Gasteiger partial charge >= 0.3 is 11.8 Å². The molecule has 0 unspecified atom stereocenters. The SMILES string of the molecule is O=C(NCCN1CCOCC1)C(=O)N1CCN(CCO)CC1. The molecule has 0 aliphatic carbocycles. The third kappa shape index (κ3) is 5.20. The Morgan fingerprint density at radius 1 is 0.955 bits per heavy atom. The molecule has 2 amide bonds. The van der Waals surface area contributed by atoms with Gasteiger partial charge in [-0.05, 0) is 0 Å². The van der Waals surface area contributed by atoms with Crippen LogP contribution in [0.3, 0.4) is 0 Å². The monoisotopic (exact) mass is 314 g/mol. The van der Waals surface area contributed by atoms with Crippen LogP contribution in [0.1, 0.15) is 0 Å². The minimum absolute atomic E-state index is 0.121. The number of ether oxygens (including phenoxy) is 1. The zero-order valence-electron chi connectivity index (χ0n) is 13.0. The Kier molecular flexibility index (Phi) is 7.04. The van der Waals surface area contributed by atoms with Crippen molar-refractivity contribution in [2.24, 2.45) is 0 Å². The van der Waals surface area contributed by atoms with Gasteiger partial charge in [0.2, 0.25) is 0 Å². The molecule has 0 saturated carbocycles. The second kappa shape index (κ2) is 9.04. The summed E-state index contributed by atoms with van der Waals surface area (Å²) < 4.78 is 5.26. The summed E-state index contributed by atoms with van der Waals surface area (Å²) in [5.41, 5.74) is 0. The van der Waals surface area contributed by atoms with E-state index >= 15 is 0 Å². The number of rotatable bonds is 5. The molecule has 0 aromatic heterocycles. The summed E-state index contributed by atoms with van der Waals surface area (Å²) in [6.45, 7) is 7.64. The molecule has 0 radical (unpaired) electrons. The van der Waals surface area contributed by atoms with E-state index in [2.05, 4.69) is 15.1 Å². The molecule has 126 valence electrons. The third-order valence-electron chi connectivity index (χ3n) is 4.09. The van der Waals surface area contributed by atoms with Crippen molar-refractivity contribution in [3.63, 3.8) is 0 Å². The van der Waals surface area contributed by atoms with Crippen molar-refractivity contribution in [3.8, 4) is 0 Å². The summed E-state index contributed by atoms with van der Waals surface area (Å²) in [6.07, 6.45) is 0. The molecule has 0 bridgehead atoms. The van der Waals surface area contributed by atoms with Gasteiger partial charge in [-0.15, -0.1) is 0 Å². The van der Waals surface area contributed by atoms with Crippen LogP contribution in [0.5, 0.6) is 0 Å². The van der Waals surface area contributed by atoms with Crippen LogP contribution in [-0.4, -0.2) is 110 Å². The smallest absolute Gasteiger partial charge is 0.311 e. The lowest BCUT2D eigenvalue weighted by Crippen LogP contribution is -2.53. The summed E-state index contributed by atoms with van der Waals surface area (Å²) in [5, 5.41) is 11.6. The first-order chi connectivity index (χ1) is 10.7. The van der Waals surface area contributed by atoms with Gasteiger partial charge in [-0.2, -0.15) is 0 Å². The van der Waals surface area contributed by atoms with E-state index in [0.29, 0.717) is 39.3 Å². The maximum absolute atomic E-state index is 12.1. The highest BCUT2D eigenvalue weighted by Gasteiger charge is 2.25. The van der Waals surface area contributed by atoms with Crippen molar-refractivity contribution in [1.29, 1.82) is 0 Å². The first-order valence-electron chi connectivity index (χ1n) is 7.91. The number of nitrogens with one attached hydrogen (secondary N) is 1. The fraction of sp³-hybridized carbons (Fsp3) is 0.857. The second-order valence-corrected chi connectivity index (χ2v) is 5.57. The molecule has 2 aliphatic heterocycles. The average Bonchev–Trinajstić information content (AvgIpc) is 2.56. The molecule has 8 heteroatoms. The number of nitrogens with zero attached hydrogens (tertiary/aromatic N) is 3. The van der Waals surface area contributed by atoms with E-state index in [1.54, 1.807) is 4.90 Å². The van der Waals surface area contributed by atoms with E-state index in [1.165, 1.54) is 0 Å². The summed E-state index contributed by atoms with van der Waals surface area (Å²) >= 11 is 0. The number of morpholine rings is 1. The molecule has 0 atom stereocenters. The van der Waals surface area contributed by atoms with Gasteiger partial charge in [0, 0.05) is 58.9 Å². The predicted molar refractivity (Wildman–Crippen MR) is 80.4 cm³/mol. The van der Waals surface area contributed by atoms with E-state index < -0.39 is 11.8 Å². The first-order valence-corrected chi connectivity index (χ1v) is 7.91. The fourth-order valence-electron chi connectivity index (χ4n) is 2.69. The molecule has 2 rings (SSSR count). The van der Waals surface area contributed by atoms with Gasteiger partial charge in [-0.25, -0.2) is 0 Å². The summed E-state index contributed by atoms with van der Waals surface area (Å²) in [5.74, 6) is -0.977. The van der Waals surface area contributed by atoms with Crippen molar-refractivity contribution >= 4 is 11.8 Å². The van der Waals surface area contributed by atoms with Gasteiger partial charge < -0.3 is 20.1 Å². The Balaban J connectivity index is 1.63. The topological polar surface area (TPSA) is 85.4 Å². The second-order valence-electron chi connectivity index (χ2n) is 5.57. The Bertz CT molecular complexity index is 366. The number of hydrogen-bond donors (Lipinski definition) is 2. The number of amides is 2. The summed E-state index contributed by atoms with van der Waals surface area (Å²) in [7, 11) is 0. The standard InChI is InChI=1S/C14H26N4O4/c19-10-7-17-3-5-18(6-4-17)14(21)13(20)15-1-2-16-8-11-22-12-9-16/h19H,1-12H2,(H,15,20). The number of hydrogen-bond acceptors (Lipinski definition) is 6. The molecule has 8 nitrogen and oxygen atoms in total. The highest BCUT2D eigenvalue weighted by Crippen LogP contribution is 2.02. The molecule has 22 heavy (non-hydrogen) atoms. The predicted octanol–water partition coefficient (Wildman–Crippen LogP) is -2.43. The van der Waals surface area contributed by atoms with E-state index in [4.69, 9.17) is 9.84 Å². The minimum Gasteiger partial charge on any atom is -0.395 e. The number of aliphatic hydroxyl groups excluding tert-OH is 1. The van der Waals surface area contributed by atoms with Gasteiger partial charge in [0.15, 0.2) is 0 Å². The summed E-state index contributed by atoms with van der Waals surface area (Å²) in [6, 6.07) is 0. The van der Waals surface area contributed by atoms with Crippen molar-refractivity contribution in [1.82, 2.24) is 20.0 Å². The van der Waals surface area contributed by atoms with Crippen molar-refractivity contribution in [2.45, 2.75) is 0 Å². The van der Waals surface area contributed by atoms with Gasteiger partial charge in [-0.1, -0.05) is 0 Å². The van der Waals surface area contributed by atoms with E-state index in [9.17, 15) is 9.59 Å². The largest absolute Gasteiger partial charge is 0.395 e. The van der Waals surface area contributed by atoms with E-state index in [-0.39, 0.29) is 6.61 Å². The lowest BCUT2D eigenvalue weighted by molar-refractivity contribution is -0.147. The van der Waals surface area contributed by atoms with Crippen LogP contribution in [0.4, 0.5) is 0 Å². The molecule has 2 fully saturated rings. The average molecular weight is 314 g/mol. The number of β-amino-alcohol motifs (C(OH)–C–C–N with tert-alkyl or cyclic N) is 1. The Hall–Kier alpha value is -1.22. The molecule has 0 aromatic rings. The van der Waals surface area contributed by atoms with Gasteiger partial charge in [0.1, 0.15) is 0 Å². The highest BCUT2D eigenvalue weighted by molar-refractivity contribution is 6.35. The lowest BCUT2D eigenvalue weighted by atomic mass is 10.3. The van der Waals surface area contributed by atoms with Crippen LogP contribution in [0.25, 0.3) is 0 Å². The number of aliphatic hydroxyl groups is 1. The maximum Gasteiger partial charge on any atom is 0.311 e. The normalized spacial score (nSPS) is 20.9. The Labute approximate surface area is 131 Å². The van der Waals surface area contributed by atoms with Crippen LogP contribution in [0.15, 0.2) is 0 Å². The van der Waals surface area contributed by atoms with Gasteiger partial charge in [-0.3, -0.25) is 19.4 Å². The fourth-order valence-corrected chi connectivity index (χ4v) is 2.69. The number of carbonyl (C=O) groups excluding carboxylic acids is 2. The zero-order valence-corrected chi connectivity index (χ0v) is 13.0. The molecular formula is C14H26N4O4. The molecule has 2 heterocycles. The van der Waals surface area contributed by atoms with Crippen LogP contribution in [0.2, 0.25) is 0 Å². The highest BCUT2D eigenvalue weighted by atomic mass is 16.5. The van der Waals surface area contributed by atoms with Crippen LogP contribution in [-0.2, 0) is 14.3 Å². The Morgan fingerprint density at radius 2 is 1.59 bits per heavy atom. The van der Waals surface area contributed by atoms with Crippen molar-refractivity contribution < 1.29 is 19.4 Å². The molecule has 2 N–H and O–H groups in total. The molecule has 0 aromatic carbocycles. The number of carbonyl (C=O) groups is 2. The minimum atomic E-state index is -0.524. The molecule has 0 spiro atoms. The lowest BCUT2D eigenvalue weighted by Gasteiger charge is -2.34. The zero-order chi connectivity index (χ0) is 15.8. The quantitative estimate of drug-likeness (QED) is 0.549. The summed E-state index contributed by atoms with van der Waals surface area (Å²) in [4.78, 5) is 29.8. The third-order valence-corrected chi connectivity index (χ3v) is 4.09. The molecular weight excluding hydrogens is 288 g/mol. The van der Waals surface area contributed by atoms with E-state index in [1.807, 2.05) is 0 Å². The van der Waals surface area contributed by atoms with Crippen LogP contribution < -0.4 is 5.32 Å². The van der Waals surface area contributed by atoms with Gasteiger partial charge in [0.05, 0.1) is 19.8 Å². The molecule has 2 saturated heterocycles. The number of piperazine rings is 1. The maximum atomic E-state index is 12.1. The van der Waals surface area contributed by atoms with E-state index in [0.717, 1.165) is 32.8 Å². The van der Waals surface area contributed by atoms with Crippen LogP contribution in [0, 0.1) is 0 Å². The van der Waals surface area contributed by atoms with Crippen LogP contribution >= 0.6 is 0 Å². The van der Waals surface area contributed by atoms with Crippen molar-refractivity contribution in [2.75, 3.05) is 78.7 Å². The first kappa shape index (κ1) is 17.1. The van der Waals surface area contributed by atoms with Gasteiger partial charge in [0.25, 0.3) is 0 Å².